The Balaban J connectivity index is 1.13. The second-order valence-corrected chi connectivity index (χ2v) is 10.6. The van der Waals surface area contributed by atoms with Crippen LogP contribution in [0.15, 0.2) is 41.3 Å². The Morgan fingerprint density at radius 3 is 2.73 bits per heavy atom. The molecule has 2 fully saturated rings. The van der Waals surface area contributed by atoms with Crippen LogP contribution in [0.1, 0.15) is 38.1 Å². The predicted molar refractivity (Wildman–Crippen MR) is 146 cm³/mol. The summed E-state index contributed by atoms with van der Waals surface area (Å²) in [6, 6.07) is 10.6. The zero-order valence-electron chi connectivity index (χ0n) is 22.1. The van der Waals surface area contributed by atoms with Crippen LogP contribution in [0, 0.1) is 0 Å². The topological polar surface area (TPSA) is 78.8 Å². The first-order valence-corrected chi connectivity index (χ1v) is 13.6. The highest BCUT2D eigenvalue weighted by Gasteiger charge is 2.30. The molecule has 37 heavy (non-hydrogen) atoms. The van der Waals surface area contributed by atoms with Crippen LogP contribution < -0.4 is 20.7 Å². The van der Waals surface area contributed by atoms with E-state index < -0.39 is 0 Å². The molecule has 6 rings (SSSR count). The van der Waals surface area contributed by atoms with Crippen LogP contribution in [-0.4, -0.2) is 77.5 Å². The number of anilines is 2. The maximum absolute atomic E-state index is 12.9. The monoisotopic (exact) mass is 503 g/mol. The second-order valence-electron chi connectivity index (χ2n) is 10.6. The zero-order valence-corrected chi connectivity index (χ0v) is 22.1. The number of hydrogen-bond acceptors (Lipinski definition) is 8. The van der Waals surface area contributed by atoms with Crippen LogP contribution in [0.25, 0.3) is 11.0 Å². The zero-order chi connectivity index (χ0) is 25.5. The van der Waals surface area contributed by atoms with Crippen LogP contribution in [0.5, 0.6) is 0 Å². The van der Waals surface area contributed by atoms with Crippen molar-refractivity contribution in [1.82, 2.24) is 24.8 Å². The Hall–Kier alpha value is -3.01. The van der Waals surface area contributed by atoms with Gasteiger partial charge in [-0.3, -0.25) is 14.3 Å². The molecule has 196 valence electrons. The van der Waals surface area contributed by atoms with Gasteiger partial charge in [0, 0.05) is 82.6 Å². The molecule has 3 aromatic heterocycles. The first kappa shape index (κ1) is 24.3. The van der Waals surface area contributed by atoms with Crippen molar-refractivity contribution in [3.8, 4) is 0 Å². The van der Waals surface area contributed by atoms with Gasteiger partial charge in [-0.1, -0.05) is 6.07 Å². The Kier molecular flexibility index (Phi) is 6.60. The molecule has 9 nitrogen and oxygen atoms in total. The van der Waals surface area contributed by atoms with Gasteiger partial charge in [-0.15, -0.1) is 0 Å². The molecule has 3 aliphatic rings. The number of rotatable bonds is 5. The van der Waals surface area contributed by atoms with Gasteiger partial charge in [0.1, 0.15) is 11.5 Å². The minimum Gasteiger partial charge on any atom is -0.370 e. The quantitative estimate of drug-likeness (QED) is 0.569. The molecular formula is C28H37N7O2. The van der Waals surface area contributed by atoms with Crippen molar-refractivity contribution < 1.29 is 4.74 Å². The molecule has 2 unspecified atom stereocenters. The van der Waals surface area contributed by atoms with Crippen LogP contribution in [0.2, 0.25) is 0 Å². The number of nitrogens with one attached hydrogen (secondary N) is 1. The Labute approximate surface area is 218 Å². The molecule has 2 saturated heterocycles. The molecule has 3 aliphatic heterocycles. The third kappa shape index (κ3) is 4.71. The number of ether oxygens (including phenoxy) is 1. The van der Waals surface area contributed by atoms with E-state index in [1.54, 1.807) is 16.8 Å². The summed E-state index contributed by atoms with van der Waals surface area (Å²) in [5.41, 5.74) is 4.23. The molecule has 0 spiro atoms. The summed E-state index contributed by atoms with van der Waals surface area (Å²) in [7, 11) is 0. The van der Waals surface area contributed by atoms with E-state index in [4.69, 9.17) is 9.72 Å². The smallest absolute Gasteiger partial charge is 0.254 e. The summed E-state index contributed by atoms with van der Waals surface area (Å²) >= 11 is 0. The minimum atomic E-state index is 0.000852. The number of hydrogen-bond donors (Lipinski definition) is 1. The fourth-order valence-electron chi connectivity index (χ4n) is 6.12. The van der Waals surface area contributed by atoms with Crippen molar-refractivity contribution in [3.05, 3.63) is 58.1 Å². The van der Waals surface area contributed by atoms with Gasteiger partial charge in [-0.2, -0.15) is 0 Å². The average Bonchev–Trinajstić information content (AvgIpc) is 3.28. The Morgan fingerprint density at radius 1 is 1.08 bits per heavy atom. The fraction of sp³-hybridized carbons (Fsp3) is 0.536. The van der Waals surface area contributed by atoms with Gasteiger partial charge in [-0.25, -0.2) is 9.97 Å². The fourth-order valence-corrected chi connectivity index (χ4v) is 6.12. The number of morpholine rings is 1. The second kappa shape index (κ2) is 10.0. The molecule has 1 N–H and O–H groups in total. The van der Waals surface area contributed by atoms with Gasteiger partial charge in [0.05, 0.1) is 23.6 Å². The molecule has 0 radical (unpaired) electrons. The van der Waals surface area contributed by atoms with E-state index in [1.807, 2.05) is 13.0 Å². The third-order valence-electron chi connectivity index (χ3n) is 8.02. The number of aryl methyl sites for hydroxylation is 1. The number of nitrogens with zero attached hydrogens (tertiary/aromatic N) is 6. The first-order valence-electron chi connectivity index (χ1n) is 13.6. The summed E-state index contributed by atoms with van der Waals surface area (Å²) in [5.74, 6) is 1.09. The summed E-state index contributed by atoms with van der Waals surface area (Å²) in [6.45, 7) is 14.1. The highest BCUT2D eigenvalue weighted by Crippen LogP contribution is 2.28. The van der Waals surface area contributed by atoms with Gasteiger partial charge in [0.15, 0.2) is 0 Å². The standard InChI is InChI=1S/C28H37N7O2/c1-4-35-27(36)14-25(23-6-5-9-29-28(23)35)34-16-19(2)37-21(18-34)17-32-10-12-33(13-11-32)26-8-7-22-20(3)30-15-24(22)31-26/h5-9,14,19-21,30H,4,10-13,15-18H2,1-3H3/t19?,20-,21?/m1/s1. The van der Waals surface area contributed by atoms with Crippen LogP contribution in [-0.2, 0) is 17.8 Å². The van der Waals surface area contributed by atoms with Gasteiger partial charge in [0.2, 0.25) is 0 Å². The maximum Gasteiger partial charge on any atom is 0.254 e. The molecule has 0 aliphatic carbocycles. The van der Waals surface area contributed by atoms with E-state index in [0.717, 1.165) is 74.9 Å². The lowest BCUT2D eigenvalue weighted by molar-refractivity contribution is -0.0327. The van der Waals surface area contributed by atoms with E-state index in [1.165, 1.54) is 11.3 Å². The van der Waals surface area contributed by atoms with Crippen LogP contribution >= 0.6 is 0 Å². The lowest BCUT2D eigenvalue weighted by Gasteiger charge is -2.42. The summed E-state index contributed by atoms with van der Waals surface area (Å²) in [5, 5.41) is 4.50. The van der Waals surface area contributed by atoms with Crippen LogP contribution in [0.4, 0.5) is 11.5 Å². The number of fused-ring (bicyclic) bond motifs is 2. The van der Waals surface area contributed by atoms with Crippen molar-refractivity contribution in [2.75, 3.05) is 55.6 Å². The molecule has 3 aromatic rings. The molecule has 0 aromatic carbocycles. The Morgan fingerprint density at radius 2 is 1.92 bits per heavy atom. The van der Waals surface area contributed by atoms with E-state index in [0.29, 0.717) is 12.6 Å². The molecule has 0 bridgehead atoms. The van der Waals surface area contributed by atoms with E-state index in [9.17, 15) is 4.79 Å². The van der Waals surface area contributed by atoms with Gasteiger partial charge < -0.3 is 19.9 Å². The van der Waals surface area contributed by atoms with Crippen molar-refractivity contribution >= 4 is 22.5 Å². The first-order chi connectivity index (χ1) is 18.0. The van der Waals surface area contributed by atoms with E-state index in [-0.39, 0.29) is 17.8 Å². The molecule has 9 heteroatoms. The normalized spacial score (nSPS) is 24.6. The number of piperazine rings is 1. The van der Waals surface area contributed by atoms with E-state index >= 15 is 0 Å². The third-order valence-corrected chi connectivity index (χ3v) is 8.02. The summed E-state index contributed by atoms with van der Waals surface area (Å²) in [4.78, 5) is 29.6. The van der Waals surface area contributed by atoms with Gasteiger partial charge in [-0.05, 0) is 44.5 Å². The summed E-state index contributed by atoms with van der Waals surface area (Å²) in [6.07, 6.45) is 1.94. The summed E-state index contributed by atoms with van der Waals surface area (Å²) < 4.78 is 8.13. The number of aromatic nitrogens is 3. The average molecular weight is 504 g/mol. The van der Waals surface area contributed by atoms with Crippen molar-refractivity contribution in [3.63, 3.8) is 0 Å². The van der Waals surface area contributed by atoms with Crippen molar-refractivity contribution in [2.45, 2.75) is 52.1 Å². The minimum absolute atomic E-state index is 0.000852. The van der Waals surface area contributed by atoms with Gasteiger partial charge in [0.25, 0.3) is 5.56 Å². The highest BCUT2D eigenvalue weighted by molar-refractivity contribution is 5.89. The lowest BCUT2D eigenvalue weighted by atomic mass is 10.1. The molecule has 6 heterocycles. The maximum atomic E-state index is 12.9. The van der Waals surface area contributed by atoms with Crippen molar-refractivity contribution in [2.24, 2.45) is 0 Å². The molecule has 0 amide bonds. The Bertz CT molecular complexity index is 1330. The lowest BCUT2D eigenvalue weighted by Crippen LogP contribution is -2.54. The predicted octanol–water partition coefficient (Wildman–Crippen LogP) is 2.39. The van der Waals surface area contributed by atoms with Crippen molar-refractivity contribution in [1.29, 1.82) is 0 Å². The molecule has 0 saturated carbocycles. The molecule has 3 atom stereocenters. The highest BCUT2D eigenvalue weighted by atomic mass is 16.5. The van der Waals surface area contributed by atoms with Gasteiger partial charge >= 0.3 is 0 Å². The van der Waals surface area contributed by atoms with E-state index in [2.05, 4.69) is 57.0 Å². The molecular weight excluding hydrogens is 466 g/mol. The number of pyridine rings is 3. The van der Waals surface area contributed by atoms with Crippen LogP contribution in [0.3, 0.4) is 0 Å². The SMILES string of the molecule is CCn1c(=O)cc(N2CC(C)OC(CN3CCN(c4ccc5c(n4)CN[C@@H]5C)CC3)C2)c2cccnc21. The largest absolute Gasteiger partial charge is 0.370 e.